The van der Waals surface area contributed by atoms with E-state index < -0.39 is 0 Å². The summed E-state index contributed by atoms with van der Waals surface area (Å²) in [4.78, 5) is 39.0. The maximum absolute atomic E-state index is 14.0. The highest BCUT2D eigenvalue weighted by atomic mass is 16.5. The van der Waals surface area contributed by atoms with Crippen LogP contribution in [0.5, 0.6) is 23.0 Å². The molecule has 264 valence electrons. The van der Waals surface area contributed by atoms with Crippen LogP contribution >= 0.6 is 0 Å². The summed E-state index contributed by atoms with van der Waals surface area (Å²) in [5, 5.41) is 5.61. The number of hydrogen-bond donors (Lipinski definition) is 2. The Hall–Kier alpha value is -5.83. The molecule has 9 nitrogen and oxygen atoms in total. The normalized spacial score (nSPS) is 16.0. The number of para-hydroxylation sites is 2. The van der Waals surface area contributed by atoms with Crippen molar-refractivity contribution in [3.05, 3.63) is 119 Å². The molecule has 0 aromatic heterocycles. The third-order valence-corrected chi connectivity index (χ3v) is 8.63. The predicted octanol–water partition coefficient (Wildman–Crippen LogP) is 8.23. The number of anilines is 2. The minimum atomic E-state index is -0.304. The van der Waals surface area contributed by atoms with Gasteiger partial charge >= 0.3 is 0 Å². The average Bonchev–Trinajstić information content (AvgIpc) is 3.12. The number of rotatable bonds is 12. The van der Waals surface area contributed by atoms with E-state index in [1.54, 1.807) is 48.5 Å². The highest BCUT2D eigenvalue weighted by Crippen LogP contribution is 2.42. The van der Waals surface area contributed by atoms with Gasteiger partial charge in [-0.05, 0) is 96.0 Å². The number of hydrogen-bond acceptors (Lipinski definition) is 7. The van der Waals surface area contributed by atoms with E-state index in [0.717, 1.165) is 11.1 Å². The number of Topliss-reactive ketones (excluding diaryl/α,β-unsaturated/α-hetero) is 1. The van der Waals surface area contributed by atoms with Crippen LogP contribution in [-0.2, 0) is 14.4 Å². The summed E-state index contributed by atoms with van der Waals surface area (Å²) in [6, 6.07) is 29.1. The van der Waals surface area contributed by atoms with Crippen molar-refractivity contribution in [1.29, 1.82) is 0 Å². The number of methoxy groups -OCH3 is 2. The Morgan fingerprint density at radius 1 is 0.647 bits per heavy atom. The molecule has 4 aromatic rings. The molecule has 1 saturated carbocycles. The summed E-state index contributed by atoms with van der Waals surface area (Å²) in [6.45, 7) is 6.16. The van der Waals surface area contributed by atoms with Crippen molar-refractivity contribution in [2.75, 3.05) is 38.1 Å². The van der Waals surface area contributed by atoms with E-state index in [1.165, 1.54) is 14.2 Å². The second-order valence-electron chi connectivity index (χ2n) is 13.4. The van der Waals surface area contributed by atoms with Crippen molar-refractivity contribution in [2.45, 2.75) is 33.6 Å². The SMILES string of the molecule is COc1cc(/C=C2/C[C@@H](C(C)(C)C)C/C(=C\c3ccc(OC)c(OCC(=O)Nc4ccccc4)c3)C2=O)ccc1OCC(=O)Nc1ccccc1. The Bertz CT molecular complexity index is 1910. The summed E-state index contributed by atoms with van der Waals surface area (Å²) in [7, 11) is 3.07. The largest absolute Gasteiger partial charge is 0.493 e. The van der Waals surface area contributed by atoms with Crippen LogP contribution in [0, 0.1) is 11.3 Å². The Morgan fingerprint density at radius 3 is 1.57 bits per heavy atom. The van der Waals surface area contributed by atoms with Gasteiger partial charge in [0.2, 0.25) is 0 Å². The van der Waals surface area contributed by atoms with Gasteiger partial charge in [-0.3, -0.25) is 14.4 Å². The summed E-state index contributed by atoms with van der Waals surface area (Å²) in [6.07, 6.45) is 5.02. The van der Waals surface area contributed by atoms with Gasteiger partial charge < -0.3 is 29.6 Å². The smallest absolute Gasteiger partial charge is 0.262 e. The molecule has 9 heteroatoms. The Labute approximate surface area is 299 Å². The van der Waals surface area contributed by atoms with Crippen molar-refractivity contribution < 1.29 is 33.3 Å². The molecule has 0 aliphatic heterocycles. The molecule has 0 radical (unpaired) electrons. The van der Waals surface area contributed by atoms with E-state index >= 15 is 0 Å². The Morgan fingerprint density at radius 2 is 1.10 bits per heavy atom. The fraction of sp³-hybridized carbons (Fsp3) is 0.262. The maximum Gasteiger partial charge on any atom is 0.262 e. The van der Waals surface area contributed by atoms with Crippen LogP contribution in [0.1, 0.15) is 44.7 Å². The molecule has 0 saturated heterocycles. The predicted molar refractivity (Wildman–Crippen MR) is 200 cm³/mol. The van der Waals surface area contributed by atoms with Crippen LogP contribution in [0.3, 0.4) is 0 Å². The minimum Gasteiger partial charge on any atom is -0.493 e. The molecule has 1 fully saturated rings. The number of ether oxygens (including phenoxy) is 4. The first-order chi connectivity index (χ1) is 24.5. The first-order valence-electron chi connectivity index (χ1n) is 16.8. The van der Waals surface area contributed by atoms with Gasteiger partial charge in [0, 0.05) is 22.5 Å². The summed E-state index contributed by atoms with van der Waals surface area (Å²) >= 11 is 0. The number of carbonyl (C=O) groups is 3. The molecule has 0 unspecified atom stereocenters. The summed E-state index contributed by atoms with van der Waals surface area (Å²) in [5.41, 5.74) is 4.20. The number of ketones is 1. The lowest BCUT2D eigenvalue weighted by Gasteiger charge is -2.35. The van der Waals surface area contributed by atoms with Crippen LogP contribution in [-0.4, -0.2) is 45.0 Å². The molecule has 1 aliphatic carbocycles. The van der Waals surface area contributed by atoms with Gasteiger partial charge in [-0.2, -0.15) is 0 Å². The van der Waals surface area contributed by atoms with Gasteiger partial charge in [0.15, 0.2) is 42.0 Å². The Kier molecular flexibility index (Phi) is 11.9. The average molecular weight is 689 g/mol. The Balaban J connectivity index is 1.34. The van der Waals surface area contributed by atoms with E-state index in [4.69, 9.17) is 18.9 Å². The van der Waals surface area contributed by atoms with Crippen LogP contribution in [0.4, 0.5) is 11.4 Å². The highest BCUT2D eigenvalue weighted by molar-refractivity contribution is 6.14. The van der Waals surface area contributed by atoms with Crippen LogP contribution in [0.15, 0.2) is 108 Å². The third kappa shape index (κ3) is 10.1. The standard InChI is InChI=1S/C42H44N2O7/c1-42(2,3)32-24-30(20-28-17-19-36(37(22-28)49-5)50-26-39(45)43-33-12-8-6-9-13-33)41(47)31(25-32)21-29-16-18-35(48-4)38(23-29)51-27-40(46)44-34-14-10-7-11-15-34/h6-23,32H,24-27H2,1-5H3,(H,43,45)(H,44,46)/b30-20-,31-21+/t32-/m1/s1. The fourth-order valence-corrected chi connectivity index (χ4v) is 5.77. The minimum absolute atomic E-state index is 0.0344. The first-order valence-corrected chi connectivity index (χ1v) is 16.8. The lowest BCUT2D eigenvalue weighted by Crippen LogP contribution is -2.29. The van der Waals surface area contributed by atoms with Gasteiger partial charge in [-0.25, -0.2) is 0 Å². The first kappa shape index (κ1) is 36.5. The number of allylic oxidation sites excluding steroid dienone is 2. The molecule has 1 aliphatic rings. The van der Waals surface area contributed by atoms with Crippen LogP contribution in [0.2, 0.25) is 0 Å². The third-order valence-electron chi connectivity index (χ3n) is 8.63. The highest BCUT2D eigenvalue weighted by Gasteiger charge is 2.34. The number of amides is 2. The van der Waals surface area contributed by atoms with Gasteiger partial charge in [-0.1, -0.05) is 69.3 Å². The van der Waals surface area contributed by atoms with E-state index in [1.807, 2.05) is 60.7 Å². The quantitative estimate of drug-likeness (QED) is 0.144. The van der Waals surface area contributed by atoms with E-state index in [-0.39, 0.29) is 42.1 Å². The fourth-order valence-electron chi connectivity index (χ4n) is 5.77. The van der Waals surface area contributed by atoms with E-state index in [0.29, 0.717) is 58.4 Å². The van der Waals surface area contributed by atoms with E-state index in [2.05, 4.69) is 31.4 Å². The summed E-state index contributed by atoms with van der Waals surface area (Å²) in [5.74, 6) is 1.32. The number of carbonyl (C=O) groups excluding carboxylic acids is 3. The van der Waals surface area contributed by atoms with Gasteiger partial charge in [0.05, 0.1) is 14.2 Å². The molecule has 2 N–H and O–H groups in total. The van der Waals surface area contributed by atoms with Crippen molar-refractivity contribution in [3.8, 4) is 23.0 Å². The molecule has 0 bridgehead atoms. The zero-order chi connectivity index (χ0) is 36.4. The zero-order valence-corrected chi connectivity index (χ0v) is 29.7. The number of nitrogens with one attached hydrogen (secondary N) is 2. The lowest BCUT2D eigenvalue weighted by atomic mass is 9.68. The van der Waals surface area contributed by atoms with Crippen LogP contribution < -0.4 is 29.6 Å². The molecule has 5 rings (SSSR count). The molecule has 2 amide bonds. The van der Waals surface area contributed by atoms with E-state index in [9.17, 15) is 14.4 Å². The molecular weight excluding hydrogens is 644 g/mol. The second kappa shape index (κ2) is 16.7. The van der Waals surface area contributed by atoms with Crippen molar-refractivity contribution in [2.24, 2.45) is 11.3 Å². The number of benzene rings is 4. The van der Waals surface area contributed by atoms with Gasteiger partial charge in [0.1, 0.15) is 0 Å². The van der Waals surface area contributed by atoms with Gasteiger partial charge in [0.25, 0.3) is 11.8 Å². The lowest BCUT2D eigenvalue weighted by molar-refractivity contribution is -0.118. The maximum atomic E-state index is 14.0. The van der Waals surface area contributed by atoms with Crippen molar-refractivity contribution in [3.63, 3.8) is 0 Å². The molecule has 51 heavy (non-hydrogen) atoms. The van der Waals surface area contributed by atoms with Crippen LogP contribution in [0.25, 0.3) is 12.2 Å². The topological polar surface area (TPSA) is 112 Å². The van der Waals surface area contributed by atoms with Gasteiger partial charge in [-0.15, -0.1) is 0 Å². The van der Waals surface area contributed by atoms with Crippen molar-refractivity contribution >= 4 is 41.1 Å². The zero-order valence-electron chi connectivity index (χ0n) is 29.7. The molecule has 1 atom stereocenters. The molecule has 0 heterocycles. The molecular formula is C42H44N2O7. The monoisotopic (exact) mass is 688 g/mol. The van der Waals surface area contributed by atoms with Crippen molar-refractivity contribution in [1.82, 2.24) is 0 Å². The molecule has 4 aromatic carbocycles. The second-order valence-corrected chi connectivity index (χ2v) is 13.4. The molecule has 0 spiro atoms. The summed E-state index contributed by atoms with van der Waals surface area (Å²) < 4.78 is 22.7.